The molecule has 1 amide bonds. The third kappa shape index (κ3) is 5.09. The number of ether oxygens (including phenoxy) is 3. The van der Waals surface area contributed by atoms with Crippen LogP contribution in [-0.4, -0.2) is 35.9 Å². The largest absolute Gasteiger partial charge is 0.506 e. The average molecular weight is 526 g/mol. The van der Waals surface area contributed by atoms with Gasteiger partial charge in [0.2, 0.25) is 0 Å². The van der Waals surface area contributed by atoms with Gasteiger partial charge in [0.25, 0.3) is 11.7 Å². The summed E-state index contributed by atoms with van der Waals surface area (Å²) in [6.07, 6.45) is 1.50. The molecule has 5 rings (SSSR count). The van der Waals surface area contributed by atoms with E-state index in [1.54, 1.807) is 54.6 Å². The van der Waals surface area contributed by atoms with Gasteiger partial charge < -0.3 is 28.6 Å². The summed E-state index contributed by atoms with van der Waals surface area (Å²) < 4.78 is 22.3. The molecule has 1 aliphatic rings. The van der Waals surface area contributed by atoms with Crippen molar-refractivity contribution in [1.82, 2.24) is 4.90 Å². The van der Waals surface area contributed by atoms with Gasteiger partial charge >= 0.3 is 0 Å². The van der Waals surface area contributed by atoms with E-state index in [1.807, 2.05) is 30.3 Å². The first kappa shape index (κ1) is 25.7. The van der Waals surface area contributed by atoms with E-state index in [2.05, 4.69) is 0 Å². The zero-order valence-corrected chi connectivity index (χ0v) is 21.5. The number of rotatable bonds is 9. The maximum Gasteiger partial charge on any atom is 0.296 e. The molecular formula is C31H27NO7. The summed E-state index contributed by atoms with van der Waals surface area (Å²) in [6.45, 7) is 0.430. The summed E-state index contributed by atoms with van der Waals surface area (Å²) in [5, 5.41) is 11.5. The Morgan fingerprint density at radius 3 is 2.18 bits per heavy atom. The molecule has 8 nitrogen and oxygen atoms in total. The van der Waals surface area contributed by atoms with Crippen molar-refractivity contribution in [2.45, 2.75) is 19.2 Å². The van der Waals surface area contributed by atoms with Crippen molar-refractivity contribution in [1.29, 1.82) is 0 Å². The van der Waals surface area contributed by atoms with Crippen LogP contribution >= 0.6 is 0 Å². The zero-order valence-electron chi connectivity index (χ0n) is 21.5. The molecule has 198 valence electrons. The van der Waals surface area contributed by atoms with Crippen molar-refractivity contribution < 1.29 is 33.3 Å². The Kier molecular flexibility index (Phi) is 7.36. The first-order chi connectivity index (χ1) is 19.0. The van der Waals surface area contributed by atoms with Crippen molar-refractivity contribution >= 4 is 17.4 Å². The van der Waals surface area contributed by atoms with Crippen LogP contribution in [0.5, 0.6) is 17.2 Å². The number of amides is 1. The second-order valence-electron chi connectivity index (χ2n) is 8.89. The van der Waals surface area contributed by atoms with Gasteiger partial charge in [0.05, 0.1) is 38.6 Å². The second-order valence-corrected chi connectivity index (χ2v) is 8.89. The van der Waals surface area contributed by atoms with Crippen LogP contribution in [0.1, 0.15) is 28.5 Å². The predicted molar refractivity (Wildman–Crippen MR) is 143 cm³/mol. The van der Waals surface area contributed by atoms with E-state index in [9.17, 15) is 14.7 Å². The fraction of sp³-hybridized carbons (Fsp3) is 0.161. The molecule has 0 saturated carbocycles. The Morgan fingerprint density at radius 2 is 1.56 bits per heavy atom. The summed E-state index contributed by atoms with van der Waals surface area (Å²) in [5.41, 5.74) is 1.75. The summed E-state index contributed by atoms with van der Waals surface area (Å²) in [4.78, 5) is 28.1. The van der Waals surface area contributed by atoms with Crippen LogP contribution in [0.4, 0.5) is 0 Å². The van der Waals surface area contributed by atoms with Crippen LogP contribution in [0.25, 0.3) is 5.76 Å². The van der Waals surface area contributed by atoms with Crippen molar-refractivity contribution in [3.8, 4) is 17.2 Å². The third-order valence-electron chi connectivity index (χ3n) is 6.56. The molecule has 1 N–H and O–H groups in total. The fourth-order valence-corrected chi connectivity index (χ4v) is 4.67. The molecule has 1 atom stereocenters. The normalized spacial score (nSPS) is 16.4. The first-order valence-electron chi connectivity index (χ1n) is 12.3. The number of likely N-dealkylation sites (tertiary alicyclic amines) is 1. The molecule has 0 radical (unpaired) electrons. The molecule has 1 aromatic heterocycles. The van der Waals surface area contributed by atoms with Crippen LogP contribution in [0.15, 0.2) is 101 Å². The first-order valence-corrected chi connectivity index (χ1v) is 12.3. The molecule has 3 aromatic carbocycles. The Labute approximate surface area is 225 Å². The highest BCUT2D eigenvalue weighted by molar-refractivity contribution is 6.46. The molecule has 1 aliphatic heterocycles. The van der Waals surface area contributed by atoms with Crippen LogP contribution in [0.3, 0.4) is 0 Å². The number of aliphatic hydroxyl groups is 1. The van der Waals surface area contributed by atoms with Crippen LogP contribution in [0, 0.1) is 0 Å². The average Bonchev–Trinajstić information content (AvgIpc) is 3.58. The van der Waals surface area contributed by atoms with E-state index in [0.717, 1.165) is 5.56 Å². The molecule has 0 bridgehead atoms. The Balaban J connectivity index is 1.57. The highest BCUT2D eigenvalue weighted by atomic mass is 16.5. The minimum Gasteiger partial charge on any atom is -0.506 e. The number of hydrogen-bond acceptors (Lipinski definition) is 7. The number of methoxy groups -OCH3 is 2. The van der Waals surface area contributed by atoms with E-state index in [1.165, 1.54) is 25.4 Å². The monoisotopic (exact) mass is 525 g/mol. The van der Waals surface area contributed by atoms with Crippen molar-refractivity contribution in [3.63, 3.8) is 0 Å². The molecule has 1 saturated heterocycles. The smallest absolute Gasteiger partial charge is 0.296 e. The molecule has 39 heavy (non-hydrogen) atoms. The van der Waals surface area contributed by atoms with E-state index in [0.29, 0.717) is 35.2 Å². The number of furan rings is 1. The topological polar surface area (TPSA) is 98.4 Å². The van der Waals surface area contributed by atoms with Crippen molar-refractivity contribution in [2.75, 3.05) is 14.2 Å². The van der Waals surface area contributed by atoms with Gasteiger partial charge in [-0.2, -0.15) is 0 Å². The van der Waals surface area contributed by atoms with E-state index >= 15 is 0 Å². The Hall–Kier alpha value is -4.98. The van der Waals surface area contributed by atoms with Crippen LogP contribution in [0.2, 0.25) is 0 Å². The molecule has 4 aromatic rings. The van der Waals surface area contributed by atoms with Crippen molar-refractivity contribution in [3.05, 3.63) is 119 Å². The van der Waals surface area contributed by atoms with Gasteiger partial charge in [-0.15, -0.1) is 0 Å². The standard InChI is InChI=1S/C31H27NO7/c1-36-24-11-6-12-25(37-2)26(24)29(33)27-28(32(31(35)30(27)34)18-23-10-7-17-38-23)21-13-15-22(16-14-21)39-19-20-8-4-3-5-9-20/h3-17,28,33H,18-19H2,1-2H3/b29-27+. The number of nitrogens with zero attached hydrogens (tertiary/aromatic N) is 1. The van der Waals surface area contributed by atoms with Gasteiger partial charge in [-0.1, -0.05) is 48.5 Å². The van der Waals surface area contributed by atoms with Gasteiger partial charge in [0.15, 0.2) is 0 Å². The number of benzene rings is 3. The minimum atomic E-state index is -0.895. The van der Waals surface area contributed by atoms with Crippen LogP contribution < -0.4 is 14.2 Å². The number of carbonyl (C=O) groups is 2. The Morgan fingerprint density at radius 1 is 0.872 bits per heavy atom. The molecular weight excluding hydrogens is 498 g/mol. The van der Waals surface area contributed by atoms with Gasteiger partial charge in [-0.25, -0.2) is 0 Å². The predicted octanol–water partition coefficient (Wildman–Crippen LogP) is 5.50. The molecule has 8 heteroatoms. The lowest BCUT2D eigenvalue weighted by molar-refractivity contribution is -0.140. The quantitative estimate of drug-likeness (QED) is 0.175. The zero-order chi connectivity index (χ0) is 27.4. The maximum absolute atomic E-state index is 13.4. The highest BCUT2D eigenvalue weighted by Gasteiger charge is 2.47. The Bertz CT molecular complexity index is 1470. The van der Waals surface area contributed by atoms with Gasteiger partial charge in [0.1, 0.15) is 40.9 Å². The summed E-state index contributed by atoms with van der Waals surface area (Å²) in [6, 6.07) is 24.4. The molecule has 2 heterocycles. The van der Waals surface area contributed by atoms with Crippen LogP contribution in [-0.2, 0) is 22.7 Å². The number of carbonyl (C=O) groups excluding carboxylic acids is 2. The molecule has 1 fully saturated rings. The molecule has 1 unspecified atom stereocenters. The number of aliphatic hydroxyl groups excluding tert-OH is 1. The molecule has 0 aliphatic carbocycles. The summed E-state index contributed by atoms with van der Waals surface area (Å²) >= 11 is 0. The second kappa shape index (κ2) is 11.2. The fourth-order valence-electron chi connectivity index (χ4n) is 4.67. The maximum atomic E-state index is 13.4. The number of hydrogen-bond donors (Lipinski definition) is 1. The van der Waals surface area contributed by atoms with Gasteiger partial charge in [-0.05, 0) is 47.5 Å². The van der Waals surface area contributed by atoms with E-state index in [4.69, 9.17) is 18.6 Å². The lowest BCUT2D eigenvalue weighted by Crippen LogP contribution is -2.29. The van der Waals surface area contributed by atoms with Gasteiger partial charge in [0, 0.05) is 0 Å². The lowest BCUT2D eigenvalue weighted by atomic mass is 9.94. The number of ketones is 1. The third-order valence-corrected chi connectivity index (χ3v) is 6.56. The molecule has 0 spiro atoms. The lowest BCUT2D eigenvalue weighted by Gasteiger charge is -2.25. The SMILES string of the molecule is COc1cccc(OC)c1/C(O)=C1\C(=O)C(=O)N(Cc2ccco2)C1c1ccc(OCc2ccccc2)cc1. The summed E-state index contributed by atoms with van der Waals surface area (Å²) in [7, 11) is 2.90. The van der Waals surface area contributed by atoms with E-state index < -0.39 is 17.7 Å². The number of Topliss-reactive ketones (excluding diaryl/α,β-unsaturated/α-hetero) is 1. The minimum absolute atomic E-state index is 0.0360. The highest BCUT2D eigenvalue weighted by Crippen LogP contribution is 2.44. The van der Waals surface area contributed by atoms with Crippen molar-refractivity contribution in [2.24, 2.45) is 0 Å². The summed E-state index contributed by atoms with van der Waals surface area (Å²) in [5.74, 6) is -0.242. The van der Waals surface area contributed by atoms with Gasteiger partial charge in [-0.3, -0.25) is 9.59 Å². The van der Waals surface area contributed by atoms with E-state index in [-0.39, 0.29) is 23.4 Å².